The molecule has 0 saturated carbocycles. The number of nitrogens with one attached hydrogen (secondary N) is 2. The van der Waals surface area contributed by atoms with Gasteiger partial charge in [-0.05, 0) is 44.0 Å². The molecule has 3 amide bonds. The Balaban J connectivity index is 2.49. The molecule has 2 unspecified atom stereocenters. The van der Waals surface area contributed by atoms with E-state index in [0.717, 1.165) is 10.5 Å². The van der Waals surface area contributed by atoms with E-state index >= 15 is 0 Å². The van der Waals surface area contributed by atoms with Crippen molar-refractivity contribution in [2.24, 2.45) is 0 Å². The molecule has 0 aliphatic carbocycles. The van der Waals surface area contributed by atoms with E-state index in [1.807, 2.05) is 6.07 Å². The standard InChI is InChI=1S/C27H35N3O8/c1-27(2,3)38-26(36)29-21(15-18-9-6-5-7-10-18)25(35)30(13-14-31)23(19-11-8-12-20(32)16-19)24(34)28-17-22(33)37-4/h5-12,16,21,23,31-32H,13-15,17H2,1-4H3,(H,28,34)(H,29,36). The van der Waals surface area contributed by atoms with E-state index in [1.54, 1.807) is 45.0 Å². The molecule has 0 saturated heterocycles. The fourth-order valence-electron chi connectivity index (χ4n) is 3.67. The van der Waals surface area contributed by atoms with Crippen LogP contribution in [-0.2, 0) is 30.3 Å². The van der Waals surface area contributed by atoms with Gasteiger partial charge >= 0.3 is 12.1 Å². The highest BCUT2D eigenvalue weighted by atomic mass is 16.6. The van der Waals surface area contributed by atoms with Crippen LogP contribution in [0.2, 0.25) is 0 Å². The molecule has 206 valence electrons. The van der Waals surface area contributed by atoms with Crippen LogP contribution in [0.1, 0.15) is 37.9 Å². The molecule has 2 aromatic carbocycles. The molecule has 11 heteroatoms. The zero-order valence-electron chi connectivity index (χ0n) is 22.0. The van der Waals surface area contributed by atoms with Gasteiger partial charge in [-0.3, -0.25) is 14.4 Å². The van der Waals surface area contributed by atoms with E-state index in [1.165, 1.54) is 31.4 Å². The van der Waals surface area contributed by atoms with Crippen LogP contribution >= 0.6 is 0 Å². The number of alkyl carbamates (subject to hydrolysis) is 1. The molecule has 2 aromatic rings. The highest BCUT2D eigenvalue weighted by Gasteiger charge is 2.36. The number of amides is 3. The van der Waals surface area contributed by atoms with Gasteiger partial charge in [0.1, 0.15) is 30.0 Å². The summed E-state index contributed by atoms with van der Waals surface area (Å²) in [5.74, 6) is -2.30. The lowest BCUT2D eigenvalue weighted by Crippen LogP contribution is -2.54. The van der Waals surface area contributed by atoms with E-state index in [-0.39, 0.29) is 24.3 Å². The number of hydrogen-bond acceptors (Lipinski definition) is 8. The van der Waals surface area contributed by atoms with Gasteiger partial charge in [-0.2, -0.15) is 0 Å². The van der Waals surface area contributed by atoms with Gasteiger partial charge in [0, 0.05) is 13.0 Å². The van der Waals surface area contributed by atoms with Gasteiger partial charge in [-0.25, -0.2) is 4.79 Å². The third-order valence-corrected chi connectivity index (χ3v) is 5.28. The fourth-order valence-corrected chi connectivity index (χ4v) is 3.67. The molecule has 0 heterocycles. The minimum Gasteiger partial charge on any atom is -0.508 e. The summed E-state index contributed by atoms with van der Waals surface area (Å²) in [6, 6.07) is 12.1. The lowest BCUT2D eigenvalue weighted by Gasteiger charge is -2.34. The van der Waals surface area contributed by atoms with Crippen molar-refractivity contribution in [3.05, 3.63) is 65.7 Å². The van der Waals surface area contributed by atoms with Crippen molar-refractivity contribution in [3.8, 4) is 5.75 Å². The molecular weight excluding hydrogens is 494 g/mol. The lowest BCUT2D eigenvalue weighted by molar-refractivity contribution is -0.145. The van der Waals surface area contributed by atoms with Crippen LogP contribution in [0.5, 0.6) is 5.75 Å². The molecule has 0 spiro atoms. The molecule has 2 rings (SSSR count). The third-order valence-electron chi connectivity index (χ3n) is 5.28. The molecule has 38 heavy (non-hydrogen) atoms. The number of carbonyl (C=O) groups excluding carboxylic acids is 4. The number of aliphatic hydroxyl groups excluding tert-OH is 1. The van der Waals surface area contributed by atoms with E-state index in [9.17, 15) is 29.4 Å². The van der Waals surface area contributed by atoms with E-state index < -0.39 is 54.7 Å². The molecular formula is C27H35N3O8. The number of benzene rings is 2. The topological polar surface area (TPSA) is 154 Å². The number of ether oxygens (including phenoxy) is 2. The number of carbonyl (C=O) groups is 4. The van der Waals surface area contributed by atoms with Crippen molar-refractivity contribution >= 4 is 23.9 Å². The van der Waals surface area contributed by atoms with Crippen molar-refractivity contribution in [1.82, 2.24) is 15.5 Å². The highest BCUT2D eigenvalue weighted by Crippen LogP contribution is 2.26. The number of hydrogen-bond donors (Lipinski definition) is 4. The normalized spacial score (nSPS) is 12.6. The number of nitrogens with zero attached hydrogens (tertiary/aromatic N) is 1. The number of rotatable bonds is 11. The van der Waals surface area contributed by atoms with Gasteiger partial charge in [0.15, 0.2) is 0 Å². The Kier molecular flexibility index (Phi) is 11.1. The SMILES string of the molecule is COC(=O)CNC(=O)C(c1cccc(O)c1)N(CCO)C(=O)C(Cc1ccccc1)NC(=O)OC(C)(C)C. The molecule has 0 aliphatic rings. The summed E-state index contributed by atoms with van der Waals surface area (Å²) in [6.07, 6.45) is -0.767. The van der Waals surface area contributed by atoms with Crippen molar-refractivity contribution in [2.45, 2.75) is 44.9 Å². The zero-order chi connectivity index (χ0) is 28.3. The van der Waals surface area contributed by atoms with Gasteiger partial charge in [0.2, 0.25) is 11.8 Å². The first-order chi connectivity index (χ1) is 17.9. The first-order valence-electron chi connectivity index (χ1n) is 12.0. The lowest BCUT2D eigenvalue weighted by atomic mass is 10.00. The van der Waals surface area contributed by atoms with Gasteiger partial charge in [0.25, 0.3) is 0 Å². The van der Waals surface area contributed by atoms with Crippen LogP contribution in [-0.4, -0.2) is 77.4 Å². The number of aliphatic hydroxyl groups is 1. The van der Waals surface area contributed by atoms with Crippen LogP contribution in [0, 0.1) is 0 Å². The van der Waals surface area contributed by atoms with Crippen LogP contribution in [0.4, 0.5) is 4.79 Å². The predicted molar refractivity (Wildman–Crippen MR) is 138 cm³/mol. The summed E-state index contributed by atoms with van der Waals surface area (Å²) in [4.78, 5) is 52.6. The Morgan fingerprint density at radius 2 is 1.71 bits per heavy atom. The van der Waals surface area contributed by atoms with Crippen LogP contribution in [0.15, 0.2) is 54.6 Å². The van der Waals surface area contributed by atoms with Crippen molar-refractivity contribution in [2.75, 3.05) is 26.8 Å². The maximum Gasteiger partial charge on any atom is 0.408 e. The third kappa shape index (κ3) is 9.40. The second-order valence-electron chi connectivity index (χ2n) is 9.44. The van der Waals surface area contributed by atoms with Crippen LogP contribution < -0.4 is 10.6 Å². The Morgan fingerprint density at radius 3 is 2.29 bits per heavy atom. The molecule has 2 atom stereocenters. The van der Waals surface area contributed by atoms with Crippen LogP contribution in [0.25, 0.3) is 0 Å². The van der Waals surface area contributed by atoms with Crippen LogP contribution in [0.3, 0.4) is 0 Å². The molecule has 0 radical (unpaired) electrons. The maximum atomic E-state index is 13.9. The summed E-state index contributed by atoms with van der Waals surface area (Å²) in [5.41, 5.74) is 0.132. The fraction of sp³-hybridized carbons (Fsp3) is 0.407. The minimum atomic E-state index is -1.36. The Hall–Kier alpha value is -4.12. The van der Waals surface area contributed by atoms with E-state index in [0.29, 0.717) is 0 Å². The molecule has 4 N–H and O–H groups in total. The predicted octanol–water partition coefficient (Wildman–Crippen LogP) is 1.68. The summed E-state index contributed by atoms with van der Waals surface area (Å²) < 4.78 is 9.92. The van der Waals surface area contributed by atoms with Crippen molar-refractivity contribution in [3.63, 3.8) is 0 Å². The average molecular weight is 530 g/mol. The number of phenols is 1. The second kappa shape index (κ2) is 14.0. The number of phenolic OH excluding ortho intramolecular Hbond substituents is 1. The molecule has 0 aromatic heterocycles. The second-order valence-corrected chi connectivity index (χ2v) is 9.44. The molecule has 0 aliphatic heterocycles. The van der Waals surface area contributed by atoms with Gasteiger partial charge in [0.05, 0.1) is 13.7 Å². The highest BCUT2D eigenvalue weighted by molar-refractivity contribution is 5.93. The van der Waals surface area contributed by atoms with Gasteiger partial charge in [-0.1, -0.05) is 42.5 Å². The zero-order valence-corrected chi connectivity index (χ0v) is 22.0. The Labute approximate surface area is 221 Å². The maximum absolute atomic E-state index is 13.9. The first kappa shape index (κ1) is 30.1. The van der Waals surface area contributed by atoms with Crippen molar-refractivity contribution < 1.29 is 38.9 Å². The minimum absolute atomic E-state index is 0.0668. The summed E-state index contributed by atoms with van der Waals surface area (Å²) >= 11 is 0. The first-order valence-corrected chi connectivity index (χ1v) is 12.0. The molecule has 0 bridgehead atoms. The average Bonchev–Trinajstić information content (AvgIpc) is 2.85. The largest absolute Gasteiger partial charge is 0.508 e. The Bertz CT molecular complexity index is 1100. The Morgan fingerprint density at radius 1 is 1.03 bits per heavy atom. The van der Waals surface area contributed by atoms with Gasteiger partial charge < -0.3 is 35.2 Å². The monoisotopic (exact) mass is 529 g/mol. The van der Waals surface area contributed by atoms with E-state index in [4.69, 9.17) is 4.74 Å². The number of esters is 1. The smallest absolute Gasteiger partial charge is 0.408 e. The number of methoxy groups -OCH3 is 1. The summed E-state index contributed by atoms with van der Waals surface area (Å²) in [5, 5.41) is 24.9. The van der Waals surface area contributed by atoms with Crippen molar-refractivity contribution in [1.29, 1.82) is 0 Å². The van der Waals surface area contributed by atoms with E-state index in [2.05, 4.69) is 15.4 Å². The quantitative estimate of drug-likeness (QED) is 0.321. The summed E-state index contributed by atoms with van der Waals surface area (Å²) in [6.45, 7) is 3.80. The number of aromatic hydroxyl groups is 1. The summed E-state index contributed by atoms with van der Waals surface area (Å²) in [7, 11) is 1.17. The molecule has 11 nitrogen and oxygen atoms in total. The van der Waals surface area contributed by atoms with Gasteiger partial charge in [-0.15, -0.1) is 0 Å². The molecule has 0 fully saturated rings.